The molecule has 32 heavy (non-hydrogen) atoms. The molecule has 1 fully saturated rings. The van der Waals surface area contributed by atoms with Gasteiger partial charge < -0.3 is 15.4 Å². The van der Waals surface area contributed by atoms with Crippen LogP contribution in [0.1, 0.15) is 30.5 Å². The summed E-state index contributed by atoms with van der Waals surface area (Å²) < 4.78 is 5.63. The van der Waals surface area contributed by atoms with E-state index in [0.29, 0.717) is 18.6 Å². The quantitative estimate of drug-likeness (QED) is 0.624. The van der Waals surface area contributed by atoms with Crippen LogP contribution in [0.5, 0.6) is 5.75 Å². The minimum absolute atomic E-state index is 0.222. The summed E-state index contributed by atoms with van der Waals surface area (Å²) in [7, 11) is 0. The van der Waals surface area contributed by atoms with Crippen LogP contribution in [0.25, 0.3) is 10.8 Å². The molecule has 0 aromatic heterocycles. The summed E-state index contributed by atoms with van der Waals surface area (Å²) >= 11 is 0. The van der Waals surface area contributed by atoms with Gasteiger partial charge in [-0.3, -0.25) is 14.5 Å². The predicted octanol–water partition coefficient (Wildman–Crippen LogP) is 3.25. The van der Waals surface area contributed by atoms with E-state index in [0.717, 1.165) is 27.0 Å². The molecule has 2 aliphatic rings. The number of hydrogen-bond donors (Lipinski definition) is 2. The van der Waals surface area contributed by atoms with Gasteiger partial charge in [0.1, 0.15) is 17.8 Å². The standard InChI is InChI=1S/C25H23N3O4/c1-25(18-11-10-16-6-2-3-7-17(16)14-18)23(30)28(24(31)27-25)15-22(29)26-20-12-13-32-21-9-5-4-8-19(20)21/h2-11,14,20H,12-13,15H2,1H3,(H,26,29)(H,27,31)/t20-,25+/m1/s1. The highest BCUT2D eigenvalue weighted by Crippen LogP contribution is 2.33. The van der Waals surface area contributed by atoms with Crippen LogP contribution in [0.15, 0.2) is 66.7 Å². The second kappa shape index (κ2) is 7.67. The minimum atomic E-state index is -1.23. The third-order valence-electron chi connectivity index (χ3n) is 6.20. The molecule has 2 N–H and O–H groups in total. The van der Waals surface area contributed by atoms with E-state index in [1.807, 2.05) is 66.7 Å². The number of nitrogens with zero attached hydrogens (tertiary/aromatic N) is 1. The summed E-state index contributed by atoms with van der Waals surface area (Å²) in [4.78, 5) is 39.6. The highest BCUT2D eigenvalue weighted by Gasteiger charge is 2.49. The molecular weight excluding hydrogens is 406 g/mol. The Kier molecular flexibility index (Phi) is 4.81. The maximum atomic E-state index is 13.2. The SMILES string of the molecule is C[C@@]1(c2ccc3ccccc3c2)NC(=O)N(CC(=O)N[C@@H]2CCOc3ccccc32)C1=O. The van der Waals surface area contributed by atoms with Gasteiger partial charge >= 0.3 is 6.03 Å². The van der Waals surface area contributed by atoms with Crippen molar-refractivity contribution in [3.8, 4) is 5.75 Å². The molecule has 0 aliphatic carbocycles. The van der Waals surface area contributed by atoms with Crippen LogP contribution in [-0.4, -0.2) is 35.9 Å². The van der Waals surface area contributed by atoms with Gasteiger partial charge in [0.05, 0.1) is 12.6 Å². The highest BCUT2D eigenvalue weighted by molar-refractivity contribution is 6.09. The molecule has 3 aromatic rings. The second-order valence-corrected chi connectivity index (χ2v) is 8.30. The van der Waals surface area contributed by atoms with Gasteiger partial charge in [-0.2, -0.15) is 0 Å². The summed E-state index contributed by atoms with van der Waals surface area (Å²) in [5, 5.41) is 7.74. The summed E-state index contributed by atoms with van der Waals surface area (Å²) in [6.45, 7) is 1.82. The Labute approximate surface area is 185 Å². The lowest BCUT2D eigenvalue weighted by molar-refractivity contribution is -0.135. The van der Waals surface area contributed by atoms with Gasteiger partial charge in [-0.1, -0.05) is 54.6 Å². The molecular formula is C25H23N3O4. The Bertz CT molecular complexity index is 1240. The largest absolute Gasteiger partial charge is 0.493 e. The Balaban J connectivity index is 1.33. The molecule has 2 aliphatic heterocycles. The number of carbonyl (C=O) groups excluding carboxylic acids is 3. The third-order valence-corrected chi connectivity index (χ3v) is 6.20. The Morgan fingerprint density at radius 2 is 1.84 bits per heavy atom. The molecule has 0 bridgehead atoms. The molecule has 1 saturated heterocycles. The number of rotatable bonds is 4. The van der Waals surface area contributed by atoms with Crippen LogP contribution in [0.3, 0.4) is 0 Å². The summed E-state index contributed by atoms with van der Waals surface area (Å²) in [5.41, 5.74) is 0.341. The maximum Gasteiger partial charge on any atom is 0.325 e. The van der Waals surface area contributed by atoms with Gasteiger partial charge in [0.25, 0.3) is 5.91 Å². The predicted molar refractivity (Wildman–Crippen MR) is 119 cm³/mol. The van der Waals surface area contributed by atoms with Crippen molar-refractivity contribution in [1.82, 2.24) is 15.5 Å². The molecule has 7 heteroatoms. The van der Waals surface area contributed by atoms with Crippen molar-refractivity contribution in [2.45, 2.75) is 24.9 Å². The maximum absolute atomic E-state index is 13.2. The van der Waals surface area contributed by atoms with E-state index in [-0.39, 0.29) is 12.6 Å². The number of amides is 4. The lowest BCUT2D eigenvalue weighted by Crippen LogP contribution is -2.44. The molecule has 7 nitrogen and oxygen atoms in total. The lowest BCUT2D eigenvalue weighted by atomic mass is 9.90. The fourth-order valence-corrected chi connectivity index (χ4v) is 4.41. The minimum Gasteiger partial charge on any atom is -0.493 e. The van der Waals surface area contributed by atoms with Gasteiger partial charge in [0.2, 0.25) is 5.91 Å². The number of fused-ring (bicyclic) bond motifs is 2. The molecule has 0 spiro atoms. The summed E-state index contributed by atoms with van der Waals surface area (Å²) in [6.07, 6.45) is 0.623. The van der Waals surface area contributed by atoms with Crippen molar-refractivity contribution in [2.24, 2.45) is 0 Å². The summed E-state index contributed by atoms with van der Waals surface area (Å²) in [5.74, 6) is -0.0961. The number of benzene rings is 3. The molecule has 162 valence electrons. The Morgan fingerprint density at radius 3 is 2.69 bits per heavy atom. The van der Waals surface area contributed by atoms with Gasteiger partial charge in [-0.15, -0.1) is 0 Å². The number of para-hydroxylation sites is 1. The van der Waals surface area contributed by atoms with Crippen LogP contribution in [0.2, 0.25) is 0 Å². The van der Waals surface area contributed by atoms with Crippen LogP contribution in [-0.2, 0) is 15.1 Å². The number of hydrogen-bond acceptors (Lipinski definition) is 4. The third kappa shape index (κ3) is 3.36. The zero-order valence-corrected chi connectivity index (χ0v) is 17.6. The number of urea groups is 1. The topological polar surface area (TPSA) is 87.7 Å². The first-order valence-electron chi connectivity index (χ1n) is 10.6. The zero-order chi connectivity index (χ0) is 22.3. The van der Waals surface area contributed by atoms with Gasteiger partial charge in [0.15, 0.2) is 0 Å². The van der Waals surface area contributed by atoms with E-state index in [4.69, 9.17) is 4.74 Å². The Hall–Kier alpha value is -3.87. The fraction of sp³-hybridized carbons (Fsp3) is 0.240. The molecule has 2 heterocycles. The first-order valence-corrected chi connectivity index (χ1v) is 10.6. The molecule has 0 unspecified atom stereocenters. The number of ether oxygens (including phenoxy) is 1. The monoisotopic (exact) mass is 429 g/mol. The van der Waals surface area contributed by atoms with Crippen molar-refractivity contribution < 1.29 is 19.1 Å². The van der Waals surface area contributed by atoms with Crippen molar-refractivity contribution >= 4 is 28.6 Å². The highest BCUT2D eigenvalue weighted by atomic mass is 16.5. The molecule has 0 saturated carbocycles. The molecule has 0 radical (unpaired) electrons. The molecule has 3 aromatic carbocycles. The van der Waals surface area contributed by atoms with Crippen LogP contribution in [0.4, 0.5) is 4.79 Å². The first kappa shape index (κ1) is 20.1. The van der Waals surface area contributed by atoms with Crippen molar-refractivity contribution in [1.29, 1.82) is 0 Å². The smallest absolute Gasteiger partial charge is 0.325 e. The van der Waals surface area contributed by atoms with E-state index in [1.165, 1.54) is 0 Å². The van der Waals surface area contributed by atoms with E-state index in [1.54, 1.807) is 6.92 Å². The number of nitrogens with one attached hydrogen (secondary N) is 2. The van der Waals surface area contributed by atoms with Crippen LogP contribution >= 0.6 is 0 Å². The van der Waals surface area contributed by atoms with E-state index in [2.05, 4.69) is 10.6 Å². The second-order valence-electron chi connectivity index (χ2n) is 8.30. The van der Waals surface area contributed by atoms with E-state index >= 15 is 0 Å². The molecule has 4 amide bonds. The van der Waals surface area contributed by atoms with Gasteiger partial charge in [-0.05, 0) is 35.4 Å². The average molecular weight is 429 g/mol. The molecule has 5 rings (SSSR count). The first-order chi connectivity index (χ1) is 15.5. The van der Waals surface area contributed by atoms with Gasteiger partial charge in [-0.25, -0.2) is 4.79 Å². The number of carbonyl (C=O) groups is 3. The zero-order valence-electron chi connectivity index (χ0n) is 17.6. The average Bonchev–Trinajstić information content (AvgIpc) is 3.03. The summed E-state index contributed by atoms with van der Waals surface area (Å²) in [6, 6.07) is 20.2. The van der Waals surface area contributed by atoms with Crippen LogP contribution < -0.4 is 15.4 Å². The molecule has 2 atom stereocenters. The van der Waals surface area contributed by atoms with Crippen LogP contribution in [0, 0.1) is 0 Å². The van der Waals surface area contributed by atoms with Crippen molar-refractivity contribution in [3.05, 3.63) is 77.9 Å². The van der Waals surface area contributed by atoms with Crippen molar-refractivity contribution in [2.75, 3.05) is 13.2 Å². The van der Waals surface area contributed by atoms with Gasteiger partial charge in [0, 0.05) is 12.0 Å². The lowest BCUT2D eigenvalue weighted by Gasteiger charge is -2.27. The normalized spacial score (nSPS) is 22.3. The fourth-order valence-electron chi connectivity index (χ4n) is 4.41. The Morgan fingerprint density at radius 1 is 1.09 bits per heavy atom. The van der Waals surface area contributed by atoms with Crippen molar-refractivity contribution in [3.63, 3.8) is 0 Å². The van der Waals surface area contributed by atoms with E-state index < -0.39 is 23.4 Å². The van der Waals surface area contributed by atoms with E-state index in [9.17, 15) is 14.4 Å². The number of imide groups is 1.